The zero-order valence-corrected chi connectivity index (χ0v) is 16.4. The molecule has 0 aliphatic carbocycles. The number of nitrogens with one attached hydrogen (secondary N) is 1. The number of likely N-dealkylation sites (tertiary alicyclic amines) is 1. The summed E-state index contributed by atoms with van der Waals surface area (Å²) in [6.07, 6.45) is 4.24. The van der Waals surface area contributed by atoms with Crippen molar-refractivity contribution >= 4 is 16.9 Å². The van der Waals surface area contributed by atoms with Gasteiger partial charge in [-0.3, -0.25) is 9.69 Å². The van der Waals surface area contributed by atoms with Crippen molar-refractivity contribution < 1.29 is 4.79 Å². The van der Waals surface area contributed by atoms with Gasteiger partial charge in [-0.15, -0.1) is 0 Å². The molecule has 1 aromatic carbocycles. The minimum Gasteiger partial charge on any atom is -0.356 e. The molecule has 1 aliphatic heterocycles. The molecule has 0 unspecified atom stereocenters. The van der Waals surface area contributed by atoms with Crippen molar-refractivity contribution in [3.8, 4) is 0 Å². The zero-order valence-electron chi connectivity index (χ0n) is 16.4. The molecule has 0 spiro atoms. The minimum absolute atomic E-state index is 0.109. The van der Waals surface area contributed by atoms with Gasteiger partial charge in [0, 0.05) is 19.1 Å². The number of benzene rings is 1. The highest BCUT2D eigenvalue weighted by Gasteiger charge is 2.27. The van der Waals surface area contributed by atoms with Gasteiger partial charge in [0.25, 0.3) is 0 Å². The van der Waals surface area contributed by atoms with Gasteiger partial charge in [-0.25, -0.2) is 4.98 Å². The number of para-hydroxylation sites is 2. The lowest BCUT2D eigenvalue weighted by atomic mass is 9.97. The molecule has 0 saturated carbocycles. The Labute approximate surface area is 156 Å². The molecule has 1 saturated heterocycles. The number of carbonyl (C=O) groups is 1. The number of rotatable bonds is 7. The summed E-state index contributed by atoms with van der Waals surface area (Å²) in [5, 5.41) is 3.10. The van der Waals surface area contributed by atoms with Gasteiger partial charge in [0.15, 0.2) is 0 Å². The Bertz CT molecular complexity index is 737. The Morgan fingerprint density at radius 2 is 2.15 bits per heavy atom. The molecule has 1 atom stereocenters. The molecule has 0 bridgehead atoms. The molecule has 0 radical (unpaired) electrons. The molecule has 1 aromatic heterocycles. The van der Waals surface area contributed by atoms with Gasteiger partial charge in [-0.1, -0.05) is 25.5 Å². The van der Waals surface area contributed by atoms with E-state index in [1.165, 1.54) is 5.52 Å². The first-order valence-electron chi connectivity index (χ1n) is 10.1. The number of hydrogen-bond acceptors (Lipinski definition) is 3. The van der Waals surface area contributed by atoms with Crippen molar-refractivity contribution in [1.82, 2.24) is 19.8 Å². The van der Waals surface area contributed by atoms with Gasteiger partial charge >= 0.3 is 0 Å². The number of piperidine rings is 1. The number of carbonyl (C=O) groups excluding carboxylic acids is 1. The largest absolute Gasteiger partial charge is 0.356 e. The molecule has 1 aliphatic rings. The number of unbranched alkanes of at least 4 members (excludes halogenated alkanes) is 1. The number of imidazole rings is 1. The first-order chi connectivity index (χ1) is 12.6. The predicted molar refractivity (Wildman–Crippen MR) is 106 cm³/mol. The van der Waals surface area contributed by atoms with E-state index in [-0.39, 0.29) is 11.8 Å². The molecular formula is C21H32N4O. The van der Waals surface area contributed by atoms with Crippen LogP contribution in [0, 0.1) is 5.92 Å². The van der Waals surface area contributed by atoms with E-state index in [0.717, 1.165) is 63.2 Å². The van der Waals surface area contributed by atoms with Crippen LogP contribution in [0.1, 0.15) is 58.3 Å². The normalized spacial score (nSPS) is 18.5. The first-order valence-corrected chi connectivity index (χ1v) is 10.1. The third-order valence-electron chi connectivity index (χ3n) is 5.26. The fourth-order valence-corrected chi connectivity index (χ4v) is 3.93. The summed E-state index contributed by atoms with van der Waals surface area (Å²) in [6, 6.07) is 8.71. The first kappa shape index (κ1) is 18.9. The standard InChI is InChI=1S/C21H32N4O/c1-4-5-12-22-21(26)17-9-8-13-24(14-17)15-20-23-18-10-6-7-11-19(18)25(20)16(2)3/h6-7,10-11,16-17H,4-5,8-9,12-15H2,1-3H3,(H,22,26)/t17-/m0/s1. The van der Waals surface area contributed by atoms with Crippen molar-refractivity contribution in [3.63, 3.8) is 0 Å². The van der Waals surface area contributed by atoms with Gasteiger partial charge in [-0.05, 0) is 51.8 Å². The SMILES string of the molecule is CCCCNC(=O)[C@H]1CCCN(Cc2nc3ccccc3n2C(C)C)C1. The second-order valence-corrected chi connectivity index (χ2v) is 7.70. The predicted octanol–water partition coefficient (Wildman–Crippen LogP) is 3.75. The van der Waals surface area contributed by atoms with Crippen molar-refractivity contribution in [1.29, 1.82) is 0 Å². The van der Waals surface area contributed by atoms with Crippen molar-refractivity contribution in [2.24, 2.45) is 5.92 Å². The van der Waals surface area contributed by atoms with Gasteiger partial charge in [-0.2, -0.15) is 0 Å². The Balaban J connectivity index is 1.70. The van der Waals surface area contributed by atoms with E-state index < -0.39 is 0 Å². The molecule has 2 aromatic rings. The second kappa shape index (κ2) is 8.67. The summed E-state index contributed by atoms with van der Waals surface area (Å²) >= 11 is 0. The van der Waals surface area contributed by atoms with Crippen LogP contribution in [0.4, 0.5) is 0 Å². The molecule has 142 valence electrons. The highest BCUT2D eigenvalue weighted by atomic mass is 16.1. The van der Waals surface area contributed by atoms with Crippen LogP contribution in [0.2, 0.25) is 0 Å². The Morgan fingerprint density at radius 3 is 2.92 bits per heavy atom. The third-order valence-corrected chi connectivity index (χ3v) is 5.26. The fourth-order valence-electron chi connectivity index (χ4n) is 3.93. The zero-order chi connectivity index (χ0) is 18.5. The van der Waals surface area contributed by atoms with Gasteiger partial charge < -0.3 is 9.88 Å². The van der Waals surface area contributed by atoms with E-state index in [2.05, 4.69) is 53.8 Å². The van der Waals surface area contributed by atoms with Crippen LogP contribution in [-0.2, 0) is 11.3 Å². The van der Waals surface area contributed by atoms with E-state index in [0.29, 0.717) is 6.04 Å². The number of amides is 1. The average Bonchev–Trinajstić information content (AvgIpc) is 3.00. The quantitative estimate of drug-likeness (QED) is 0.769. The number of aromatic nitrogens is 2. The minimum atomic E-state index is 0.109. The summed E-state index contributed by atoms with van der Waals surface area (Å²) in [5.74, 6) is 1.44. The maximum Gasteiger partial charge on any atom is 0.224 e. The van der Waals surface area contributed by atoms with Crippen molar-refractivity contribution in [2.45, 2.75) is 59.0 Å². The maximum atomic E-state index is 12.4. The maximum absolute atomic E-state index is 12.4. The van der Waals surface area contributed by atoms with Crippen molar-refractivity contribution in [3.05, 3.63) is 30.1 Å². The summed E-state index contributed by atoms with van der Waals surface area (Å²) in [6.45, 7) is 10.0. The van der Waals surface area contributed by atoms with Gasteiger partial charge in [0.05, 0.1) is 23.5 Å². The Hall–Kier alpha value is -1.88. The van der Waals surface area contributed by atoms with E-state index in [1.54, 1.807) is 0 Å². The highest BCUT2D eigenvalue weighted by molar-refractivity contribution is 5.79. The number of fused-ring (bicyclic) bond motifs is 1. The molecule has 26 heavy (non-hydrogen) atoms. The van der Waals surface area contributed by atoms with Crippen LogP contribution in [0.15, 0.2) is 24.3 Å². The molecule has 5 nitrogen and oxygen atoms in total. The fraction of sp³-hybridized carbons (Fsp3) is 0.619. The lowest BCUT2D eigenvalue weighted by Crippen LogP contribution is -2.43. The van der Waals surface area contributed by atoms with Crippen LogP contribution in [-0.4, -0.2) is 40.0 Å². The summed E-state index contributed by atoms with van der Waals surface area (Å²) in [5.41, 5.74) is 2.26. The third kappa shape index (κ3) is 4.26. The molecule has 2 heterocycles. The molecular weight excluding hydrogens is 324 g/mol. The Morgan fingerprint density at radius 1 is 1.35 bits per heavy atom. The van der Waals surface area contributed by atoms with Crippen LogP contribution in [0.25, 0.3) is 11.0 Å². The number of nitrogens with zero attached hydrogens (tertiary/aromatic N) is 3. The van der Waals surface area contributed by atoms with Gasteiger partial charge in [0.2, 0.25) is 5.91 Å². The monoisotopic (exact) mass is 356 g/mol. The van der Waals surface area contributed by atoms with E-state index >= 15 is 0 Å². The van der Waals surface area contributed by atoms with Crippen LogP contribution < -0.4 is 5.32 Å². The lowest BCUT2D eigenvalue weighted by molar-refractivity contribution is -0.126. The van der Waals surface area contributed by atoms with E-state index in [4.69, 9.17) is 4.98 Å². The summed E-state index contributed by atoms with van der Waals surface area (Å²) < 4.78 is 2.33. The Kier molecular flexibility index (Phi) is 6.30. The highest BCUT2D eigenvalue weighted by Crippen LogP contribution is 2.24. The van der Waals surface area contributed by atoms with Crippen LogP contribution >= 0.6 is 0 Å². The smallest absolute Gasteiger partial charge is 0.224 e. The molecule has 3 rings (SSSR count). The number of hydrogen-bond donors (Lipinski definition) is 1. The molecule has 5 heteroatoms. The van der Waals surface area contributed by atoms with Crippen molar-refractivity contribution in [2.75, 3.05) is 19.6 Å². The van der Waals surface area contributed by atoms with Gasteiger partial charge in [0.1, 0.15) is 5.82 Å². The van der Waals surface area contributed by atoms with Crippen LogP contribution in [0.3, 0.4) is 0 Å². The summed E-state index contributed by atoms with van der Waals surface area (Å²) in [7, 11) is 0. The summed E-state index contributed by atoms with van der Waals surface area (Å²) in [4.78, 5) is 19.7. The molecule has 1 amide bonds. The van der Waals surface area contributed by atoms with E-state index in [1.807, 2.05) is 6.07 Å². The van der Waals surface area contributed by atoms with Crippen LogP contribution in [0.5, 0.6) is 0 Å². The average molecular weight is 357 g/mol. The molecule has 1 fully saturated rings. The lowest BCUT2D eigenvalue weighted by Gasteiger charge is -2.32. The second-order valence-electron chi connectivity index (χ2n) is 7.70. The topological polar surface area (TPSA) is 50.2 Å². The van der Waals surface area contributed by atoms with E-state index in [9.17, 15) is 4.79 Å². The molecule has 1 N–H and O–H groups in total.